The largest absolute Gasteiger partial charge is 0.0616 e. The third-order valence-corrected chi connectivity index (χ3v) is 7.00. The Hall–Kier alpha value is -4.42. The summed E-state index contributed by atoms with van der Waals surface area (Å²) in [5, 5.41) is 10.3. The summed E-state index contributed by atoms with van der Waals surface area (Å²) in [4.78, 5) is 0. The Morgan fingerprint density at radius 1 is 0.265 bits per heavy atom. The van der Waals surface area contributed by atoms with Gasteiger partial charge in [-0.1, -0.05) is 109 Å². The molecule has 0 spiro atoms. The van der Waals surface area contributed by atoms with Crippen molar-refractivity contribution in [3.05, 3.63) is 133 Å². The molecule has 0 atom stereocenters. The molecule has 0 aliphatic carbocycles. The first-order valence-electron chi connectivity index (χ1n) is 11.8. The topological polar surface area (TPSA) is 0 Å². The lowest BCUT2D eigenvalue weighted by Gasteiger charge is -2.13. The van der Waals surface area contributed by atoms with Crippen molar-refractivity contribution in [2.24, 2.45) is 0 Å². The summed E-state index contributed by atoms with van der Waals surface area (Å²) in [5.74, 6) is 0. The average Bonchev–Trinajstić information content (AvgIpc) is 2.91. The Kier molecular flexibility index (Phi) is 4.25. The molecule has 0 radical (unpaired) electrons. The van der Waals surface area contributed by atoms with Crippen LogP contribution in [-0.4, -0.2) is 0 Å². The Labute approximate surface area is 198 Å². The molecule has 0 heterocycles. The fourth-order valence-electron chi connectivity index (χ4n) is 5.37. The second-order valence-electron chi connectivity index (χ2n) is 9.00. The Morgan fingerprint density at radius 3 is 1.65 bits per heavy atom. The summed E-state index contributed by atoms with van der Waals surface area (Å²) in [6.45, 7) is 0. The molecule has 0 fully saturated rings. The number of hydrogen-bond donors (Lipinski definition) is 0. The van der Waals surface area contributed by atoms with Crippen molar-refractivity contribution >= 4 is 43.1 Å². The van der Waals surface area contributed by atoms with Crippen LogP contribution < -0.4 is 0 Å². The van der Waals surface area contributed by atoms with Crippen LogP contribution in [0.3, 0.4) is 0 Å². The molecular weight excluding hydrogens is 408 g/mol. The van der Waals surface area contributed by atoms with Gasteiger partial charge in [-0.3, -0.25) is 0 Å². The molecule has 7 aromatic rings. The van der Waals surface area contributed by atoms with E-state index in [1.54, 1.807) is 0 Å². The highest BCUT2D eigenvalue weighted by Crippen LogP contribution is 2.38. The average molecular weight is 431 g/mol. The van der Waals surface area contributed by atoms with E-state index in [1.807, 2.05) is 0 Å². The molecule has 0 saturated heterocycles. The maximum Gasteiger partial charge on any atom is -0.00988 e. The molecule has 0 amide bonds. The molecule has 0 aliphatic heterocycles. The second-order valence-corrected chi connectivity index (χ2v) is 9.00. The maximum absolute atomic E-state index is 2.35. The van der Waals surface area contributed by atoms with Crippen molar-refractivity contribution < 1.29 is 0 Å². The Balaban J connectivity index is 1.47. The van der Waals surface area contributed by atoms with E-state index < -0.39 is 0 Å². The first-order chi connectivity index (χ1) is 16.8. The highest BCUT2D eigenvalue weighted by molar-refractivity contribution is 6.14. The summed E-state index contributed by atoms with van der Waals surface area (Å²) in [7, 11) is 0. The van der Waals surface area contributed by atoms with E-state index in [2.05, 4.69) is 133 Å². The standard InChI is InChI=1S/C34H22/c1-2-10-24-21-33-26(19-23(24)9-1)14-8-18-30(33)25-12-7-13-27(20-25)34-22-28-11-3-4-15-29(28)31-16-5-6-17-32(31)34/h1-22H. The molecule has 0 aromatic heterocycles. The van der Waals surface area contributed by atoms with E-state index in [0.717, 1.165) is 0 Å². The lowest BCUT2D eigenvalue weighted by atomic mass is 9.90. The number of hydrogen-bond acceptors (Lipinski definition) is 0. The van der Waals surface area contributed by atoms with Crippen LogP contribution in [0.4, 0.5) is 0 Å². The number of benzene rings is 7. The van der Waals surface area contributed by atoms with Crippen LogP contribution in [0.1, 0.15) is 0 Å². The predicted molar refractivity (Wildman–Crippen MR) is 147 cm³/mol. The normalized spacial score (nSPS) is 11.5. The van der Waals surface area contributed by atoms with Crippen LogP contribution in [-0.2, 0) is 0 Å². The van der Waals surface area contributed by atoms with Gasteiger partial charge in [0.1, 0.15) is 0 Å². The molecule has 0 nitrogen and oxygen atoms in total. The summed E-state index contributed by atoms with van der Waals surface area (Å²) in [5.41, 5.74) is 5.05. The third kappa shape index (κ3) is 3.00. The minimum Gasteiger partial charge on any atom is -0.0616 e. The molecule has 158 valence electrons. The zero-order valence-electron chi connectivity index (χ0n) is 18.7. The van der Waals surface area contributed by atoms with Crippen molar-refractivity contribution in [1.82, 2.24) is 0 Å². The summed E-state index contributed by atoms with van der Waals surface area (Å²) in [6, 6.07) is 48.6. The van der Waals surface area contributed by atoms with Gasteiger partial charge in [-0.15, -0.1) is 0 Å². The van der Waals surface area contributed by atoms with Gasteiger partial charge in [0.25, 0.3) is 0 Å². The maximum atomic E-state index is 2.35. The van der Waals surface area contributed by atoms with Gasteiger partial charge in [-0.25, -0.2) is 0 Å². The second kappa shape index (κ2) is 7.57. The molecule has 0 saturated carbocycles. The molecule has 0 unspecified atom stereocenters. The fourth-order valence-corrected chi connectivity index (χ4v) is 5.37. The number of fused-ring (bicyclic) bond motifs is 5. The highest BCUT2D eigenvalue weighted by atomic mass is 14.1. The van der Waals surface area contributed by atoms with E-state index >= 15 is 0 Å². The van der Waals surface area contributed by atoms with Crippen LogP contribution in [0.25, 0.3) is 65.3 Å². The van der Waals surface area contributed by atoms with Crippen molar-refractivity contribution in [3.8, 4) is 22.3 Å². The molecule has 0 aliphatic rings. The van der Waals surface area contributed by atoms with Crippen LogP contribution in [0.2, 0.25) is 0 Å². The smallest absolute Gasteiger partial charge is 0.00988 e. The molecular formula is C34H22. The monoisotopic (exact) mass is 430 g/mol. The van der Waals surface area contributed by atoms with Gasteiger partial charge in [0.05, 0.1) is 0 Å². The van der Waals surface area contributed by atoms with Gasteiger partial charge in [-0.05, 0) is 89.6 Å². The molecule has 0 N–H and O–H groups in total. The van der Waals surface area contributed by atoms with Gasteiger partial charge < -0.3 is 0 Å². The van der Waals surface area contributed by atoms with Crippen molar-refractivity contribution in [1.29, 1.82) is 0 Å². The summed E-state index contributed by atoms with van der Waals surface area (Å²) in [6.07, 6.45) is 0. The van der Waals surface area contributed by atoms with E-state index in [-0.39, 0.29) is 0 Å². The molecule has 0 heteroatoms. The quantitative estimate of drug-likeness (QED) is 0.189. The lowest BCUT2D eigenvalue weighted by molar-refractivity contribution is 1.63. The summed E-state index contributed by atoms with van der Waals surface area (Å²) >= 11 is 0. The molecule has 0 bridgehead atoms. The fraction of sp³-hybridized carbons (Fsp3) is 0. The number of rotatable bonds is 2. The zero-order valence-corrected chi connectivity index (χ0v) is 18.7. The van der Waals surface area contributed by atoms with E-state index in [0.29, 0.717) is 0 Å². The van der Waals surface area contributed by atoms with Crippen LogP contribution in [0.15, 0.2) is 133 Å². The van der Waals surface area contributed by atoms with Crippen LogP contribution in [0, 0.1) is 0 Å². The van der Waals surface area contributed by atoms with E-state index in [1.165, 1.54) is 65.3 Å². The molecule has 7 aromatic carbocycles. The van der Waals surface area contributed by atoms with Crippen molar-refractivity contribution in [3.63, 3.8) is 0 Å². The van der Waals surface area contributed by atoms with Crippen molar-refractivity contribution in [2.75, 3.05) is 0 Å². The van der Waals surface area contributed by atoms with Crippen LogP contribution in [0.5, 0.6) is 0 Å². The van der Waals surface area contributed by atoms with Gasteiger partial charge >= 0.3 is 0 Å². The zero-order chi connectivity index (χ0) is 22.5. The minimum atomic E-state index is 1.25. The van der Waals surface area contributed by atoms with E-state index in [4.69, 9.17) is 0 Å². The van der Waals surface area contributed by atoms with Gasteiger partial charge in [0, 0.05) is 0 Å². The first kappa shape index (κ1) is 19.1. The van der Waals surface area contributed by atoms with E-state index in [9.17, 15) is 0 Å². The van der Waals surface area contributed by atoms with Crippen molar-refractivity contribution in [2.45, 2.75) is 0 Å². The molecule has 34 heavy (non-hydrogen) atoms. The van der Waals surface area contributed by atoms with Gasteiger partial charge in [-0.2, -0.15) is 0 Å². The van der Waals surface area contributed by atoms with Gasteiger partial charge in [0.15, 0.2) is 0 Å². The first-order valence-corrected chi connectivity index (χ1v) is 11.8. The lowest BCUT2D eigenvalue weighted by Crippen LogP contribution is -1.87. The highest BCUT2D eigenvalue weighted by Gasteiger charge is 2.11. The predicted octanol–water partition coefficient (Wildman–Crippen LogP) is 9.63. The third-order valence-electron chi connectivity index (χ3n) is 7.00. The molecule has 7 rings (SSSR count). The Morgan fingerprint density at radius 2 is 0.824 bits per heavy atom. The van der Waals surface area contributed by atoms with Gasteiger partial charge in [0.2, 0.25) is 0 Å². The Bertz CT molecular complexity index is 1860. The SMILES string of the molecule is c1cc(-c2cccc3cc4ccccc4cc23)cc(-c2cc3ccccc3c3ccccc23)c1. The minimum absolute atomic E-state index is 1.25. The van der Waals surface area contributed by atoms with Crippen LogP contribution >= 0.6 is 0 Å². The summed E-state index contributed by atoms with van der Waals surface area (Å²) < 4.78 is 0.